The van der Waals surface area contributed by atoms with E-state index in [4.69, 9.17) is 6.11 Å². The summed E-state index contributed by atoms with van der Waals surface area (Å²) in [6.07, 6.45) is 8.88. The topological polar surface area (TPSA) is 9.23 Å². The van der Waals surface area contributed by atoms with E-state index in [0.29, 0.717) is 0 Å². The van der Waals surface area contributed by atoms with E-state index in [1.54, 1.807) is 0 Å². The van der Waals surface area contributed by atoms with E-state index in [0.717, 1.165) is 18.2 Å². The van der Waals surface area contributed by atoms with Gasteiger partial charge in [-0.25, -0.2) is 0 Å². The number of allylic oxidation sites excluding steroid dienone is 1. The molecule has 0 aromatic heterocycles. The fraction of sp³-hybridized carbons (Fsp3) is 0.833. The molecule has 1 nitrogen and oxygen atoms in total. The van der Waals surface area contributed by atoms with Gasteiger partial charge in [0.05, 0.1) is 7.13 Å². The second kappa shape index (κ2) is 6.06. The third-order valence-corrected chi connectivity index (χ3v) is 2.44. The number of ether oxygens (including phenoxy) is 1. The second-order valence-electron chi connectivity index (χ2n) is 3.85. The van der Waals surface area contributed by atoms with E-state index in [1.807, 2.05) is 6.92 Å². The van der Waals surface area contributed by atoms with Gasteiger partial charge in [-0.1, -0.05) is 39.0 Å². The first-order valence-electron chi connectivity index (χ1n) is 6.12. The summed E-state index contributed by atoms with van der Waals surface area (Å²) in [6.45, 7) is 4.17. The molecule has 1 aliphatic rings. The van der Waals surface area contributed by atoms with Crippen LogP contribution in [-0.4, -0.2) is 6.10 Å². The van der Waals surface area contributed by atoms with Gasteiger partial charge in [-0.05, 0) is 19.4 Å². The highest BCUT2D eigenvalue weighted by Crippen LogP contribution is 2.22. The molecule has 0 spiro atoms. The number of rotatable bonds is 7. The van der Waals surface area contributed by atoms with E-state index in [-0.39, 0.29) is 6.10 Å². The molecule has 0 bridgehead atoms. The summed E-state index contributed by atoms with van der Waals surface area (Å²) in [6, 6.07) is 0.721. The maximum Gasteiger partial charge on any atom is 0.117 e. The van der Waals surface area contributed by atoms with E-state index in [9.17, 15) is 0 Å². The van der Waals surface area contributed by atoms with Gasteiger partial charge in [-0.3, -0.25) is 0 Å². The molecule has 1 atom stereocenters. The Labute approximate surface area is 83.6 Å². The van der Waals surface area contributed by atoms with Crippen LogP contribution in [-0.2, 0) is 4.74 Å². The fourth-order valence-electron chi connectivity index (χ4n) is 1.64. The van der Waals surface area contributed by atoms with Crippen molar-refractivity contribution in [2.24, 2.45) is 0 Å². The van der Waals surface area contributed by atoms with Crippen LogP contribution in [0.5, 0.6) is 0 Å². The maximum absolute atomic E-state index is 7.58. The highest BCUT2D eigenvalue weighted by molar-refractivity contribution is 5.06. The van der Waals surface area contributed by atoms with E-state index >= 15 is 0 Å². The molecule has 0 amide bonds. The second-order valence-corrected chi connectivity index (χ2v) is 3.85. The number of hydrogen-bond acceptors (Lipinski definition) is 1. The molecule has 0 saturated carbocycles. The van der Waals surface area contributed by atoms with Gasteiger partial charge in [0.1, 0.15) is 6.10 Å². The summed E-state index contributed by atoms with van der Waals surface area (Å²) in [5, 5.41) is 0. The Hall–Kier alpha value is -0.460. The number of hydrogen-bond donors (Lipinski definition) is 0. The van der Waals surface area contributed by atoms with Crippen molar-refractivity contribution in [1.29, 1.82) is 0 Å². The smallest absolute Gasteiger partial charge is 0.117 e. The van der Waals surface area contributed by atoms with Gasteiger partial charge in [0.15, 0.2) is 0 Å². The summed E-state index contributed by atoms with van der Waals surface area (Å²) in [4.78, 5) is 0. The van der Waals surface area contributed by atoms with Crippen LogP contribution in [0.25, 0.3) is 0 Å². The first-order valence-corrected chi connectivity index (χ1v) is 5.62. The molecule has 1 unspecified atom stereocenters. The van der Waals surface area contributed by atoms with Crippen LogP contribution in [0.4, 0.5) is 0 Å². The third kappa shape index (κ3) is 4.35. The standard InChI is InChI=1S/C12H22O/c1-3-4-5-6-7-8-9-12-10-11(2)13-12/h10-11H,3-9H2,1-2H3/i10D. The largest absolute Gasteiger partial charge is 0.491 e. The molecule has 0 radical (unpaired) electrons. The predicted octanol–water partition coefficient (Wildman–Crippen LogP) is 4.04. The Morgan fingerprint density at radius 2 is 2.00 bits per heavy atom. The summed E-state index contributed by atoms with van der Waals surface area (Å²) in [7, 11) is 0. The van der Waals surface area contributed by atoms with Crippen molar-refractivity contribution in [2.45, 2.75) is 64.9 Å². The lowest BCUT2D eigenvalue weighted by Crippen LogP contribution is -2.15. The predicted molar refractivity (Wildman–Crippen MR) is 56.6 cm³/mol. The summed E-state index contributed by atoms with van der Waals surface area (Å²) in [5.74, 6) is 0.938. The maximum atomic E-state index is 7.58. The van der Waals surface area contributed by atoms with Crippen molar-refractivity contribution in [3.05, 3.63) is 11.8 Å². The average molecular weight is 183 g/mol. The normalized spacial score (nSPS) is 22.3. The van der Waals surface area contributed by atoms with Gasteiger partial charge >= 0.3 is 0 Å². The first kappa shape index (κ1) is 9.11. The minimum atomic E-state index is 0.0603. The highest BCUT2D eigenvalue weighted by Gasteiger charge is 2.13. The Kier molecular flexibility index (Phi) is 4.25. The van der Waals surface area contributed by atoms with Crippen molar-refractivity contribution >= 4 is 0 Å². The van der Waals surface area contributed by atoms with Gasteiger partial charge in [0, 0.05) is 6.42 Å². The Bertz CT molecular complexity index is 198. The quantitative estimate of drug-likeness (QED) is 0.541. The lowest BCUT2D eigenvalue weighted by atomic mass is 10.1. The lowest BCUT2D eigenvalue weighted by molar-refractivity contribution is 0.108. The molecule has 1 rings (SSSR count). The van der Waals surface area contributed by atoms with Crippen LogP contribution in [0.15, 0.2) is 11.8 Å². The van der Waals surface area contributed by atoms with E-state index in [2.05, 4.69) is 6.92 Å². The molecule has 0 saturated heterocycles. The Morgan fingerprint density at radius 1 is 1.31 bits per heavy atom. The van der Waals surface area contributed by atoms with Crippen LogP contribution in [0, 0.1) is 0 Å². The Balaban J connectivity index is 1.95. The molecule has 0 aromatic carbocycles. The number of unbranched alkanes of at least 4 members (excludes halogenated alkanes) is 5. The van der Waals surface area contributed by atoms with Gasteiger partial charge in [-0.15, -0.1) is 0 Å². The molecule has 1 aliphatic heterocycles. The molecular weight excluding hydrogens is 160 g/mol. The van der Waals surface area contributed by atoms with Crippen LogP contribution < -0.4 is 0 Å². The van der Waals surface area contributed by atoms with Crippen molar-refractivity contribution < 1.29 is 6.11 Å². The zero-order valence-corrected chi connectivity index (χ0v) is 8.94. The van der Waals surface area contributed by atoms with Gasteiger partial charge < -0.3 is 4.74 Å². The monoisotopic (exact) mass is 183 g/mol. The van der Waals surface area contributed by atoms with Crippen molar-refractivity contribution in [3.8, 4) is 0 Å². The Morgan fingerprint density at radius 3 is 2.62 bits per heavy atom. The third-order valence-electron chi connectivity index (χ3n) is 2.44. The highest BCUT2D eigenvalue weighted by atomic mass is 16.5. The van der Waals surface area contributed by atoms with Gasteiger partial charge in [0.25, 0.3) is 0 Å². The zero-order chi connectivity index (χ0) is 10.4. The summed E-state index contributed by atoms with van der Waals surface area (Å²) in [5.41, 5.74) is 0. The molecule has 76 valence electrons. The lowest BCUT2D eigenvalue weighted by Gasteiger charge is -2.23. The molecule has 1 heteroatoms. The minimum Gasteiger partial charge on any atom is -0.491 e. The molecule has 1 heterocycles. The SMILES string of the molecule is [2H]C1=C(CCCCCCCC)OC1C. The molecule has 13 heavy (non-hydrogen) atoms. The minimum absolute atomic E-state index is 0.0603. The molecule has 0 N–H and O–H groups in total. The van der Waals surface area contributed by atoms with Crippen molar-refractivity contribution in [2.75, 3.05) is 0 Å². The van der Waals surface area contributed by atoms with Crippen molar-refractivity contribution in [3.63, 3.8) is 0 Å². The van der Waals surface area contributed by atoms with Crippen LogP contribution in [0.3, 0.4) is 0 Å². The van der Waals surface area contributed by atoms with E-state index < -0.39 is 0 Å². The molecule has 0 aromatic rings. The molecular formula is C12H22O. The van der Waals surface area contributed by atoms with Gasteiger partial charge in [0.2, 0.25) is 0 Å². The van der Waals surface area contributed by atoms with Crippen LogP contribution in [0.1, 0.15) is 60.2 Å². The zero-order valence-electron chi connectivity index (χ0n) is 9.94. The first-order chi connectivity index (χ1) is 6.75. The van der Waals surface area contributed by atoms with Crippen molar-refractivity contribution in [1.82, 2.24) is 0 Å². The van der Waals surface area contributed by atoms with E-state index in [1.165, 1.54) is 38.5 Å². The molecule has 0 aliphatic carbocycles. The van der Waals surface area contributed by atoms with Crippen LogP contribution in [0.2, 0.25) is 0 Å². The fourth-order valence-corrected chi connectivity index (χ4v) is 1.64. The summed E-state index contributed by atoms with van der Waals surface area (Å²) >= 11 is 0. The summed E-state index contributed by atoms with van der Waals surface area (Å²) < 4.78 is 12.9. The van der Waals surface area contributed by atoms with Gasteiger partial charge in [-0.2, -0.15) is 0 Å². The van der Waals surface area contributed by atoms with Crippen LogP contribution >= 0.6 is 0 Å². The molecule has 0 fully saturated rings. The average Bonchev–Trinajstić information content (AvgIpc) is 2.21.